The van der Waals surface area contributed by atoms with Crippen molar-refractivity contribution in [2.75, 3.05) is 19.6 Å². The summed E-state index contributed by atoms with van der Waals surface area (Å²) in [6, 6.07) is 21.8. The van der Waals surface area contributed by atoms with E-state index in [9.17, 15) is 5.26 Å². The molecule has 1 aromatic heterocycles. The van der Waals surface area contributed by atoms with E-state index in [0.29, 0.717) is 23.4 Å². The number of thioether (sulfide) groups is 1. The lowest BCUT2D eigenvalue weighted by atomic mass is 9.70. The fraction of sp³-hybridized carbons (Fsp3) is 0.571. The molecule has 2 unspecified atom stereocenters. The first-order valence-electron chi connectivity index (χ1n) is 16.3. The third-order valence-electron chi connectivity index (χ3n) is 10.9. The number of fused-ring (bicyclic) bond motifs is 3. The van der Waals surface area contributed by atoms with E-state index in [1.807, 2.05) is 11.8 Å². The number of piperidine rings is 2. The Bertz CT molecular complexity index is 1430. The predicted molar refractivity (Wildman–Crippen MR) is 173 cm³/mol. The third kappa shape index (κ3) is 5.37. The smallest absolute Gasteiger partial charge is 0.208 e. The van der Waals surface area contributed by atoms with E-state index >= 15 is 0 Å². The van der Waals surface area contributed by atoms with Gasteiger partial charge in [0, 0.05) is 36.5 Å². The van der Waals surface area contributed by atoms with Crippen molar-refractivity contribution in [3.63, 3.8) is 0 Å². The van der Waals surface area contributed by atoms with Crippen LogP contribution in [-0.4, -0.2) is 61.5 Å². The molecule has 3 saturated heterocycles. The SMILES string of the molecule is Cc1nc2ccccc2n1C1CC2CCC(C1)N2CCC1(c2ccccc2)CCN(C(=NC#N)SC2CCCC2)CC1. The van der Waals surface area contributed by atoms with Crippen molar-refractivity contribution in [3.05, 3.63) is 66.0 Å². The first kappa shape index (κ1) is 28.0. The minimum absolute atomic E-state index is 0.182. The fourth-order valence-corrected chi connectivity index (χ4v) is 10.1. The van der Waals surface area contributed by atoms with Crippen LogP contribution in [0.1, 0.15) is 88.1 Å². The normalized spacial score (nSPS) is 26.6. The van der Waals surface area contributed by atoms with Gasteiger partial charge >= 0.3 is 0 Å². The summed E-state index contributed by atoms with van der Waals surface area (Å²) in [6.45, 7) is 5.33. The van der Waals surface area contributed by atoms with Gasteiger partial charge in [-0.3, -0.25) is 4.90 Å². The molecule has 2 atom stereocenters. The van der Waals surface area contributed by atoms with Crippen LogP contribution in [0.2, 0.25) is 0 Å². The number of benzene rings is 2. The number of nitriles is 1. The van der Waals surface area contributed by atoms with Crippen LogP contribution in [0.25, 0.3) is 11.0 Å². The summed E-state index contributed by atoms with van der Waals surface area (Å²) in [5.41, 5.74) is 4.11. The highest BCUT2D eigenvalue weighted by Gasteiger charge is 2.44. The Morgan fingerprint density at radius 1 is 0.952 bits per heavy atom. The second kappa shape index (κ2) is 12.1. The number of rotatable bonds is 6. The summed E-state index contributed by atoms with van der Waals surface area (Å²) < 4.78 is 2.54. The lowest BCUT2D eigenvalue weighted by Gasteiger charge is -2.46. The van der Waals surface area contributed by atoms with Crippen LogP contribution >= 0.6 is 11.8 Å². The molecule has 6 nitrogen and oxygen atoms in total. The van der Waals surface area contributed by atoms with Gasteiger partial charge in [-0.2, -0.15) is 5.26 Å². The summed E-state index contributed by atoms with van der Waals surface area (Å²) in [6.07, 6.45) is 15.8. The minimum atomic E-state index is 0.182. The van der Waals surface area contributed by atoms with Gasteiger partial charge in [-0.05, 0) is 94.4 Å². The molecule has 3 aliphatic heterocycles. The van der Waals surface area contributed by atoms with Gasteiger partial charge in [0.1, 0.15) is 5.82 Å². The maximum atomic E-state index is 9.46. The summed E-state index contributed by atoms with van der Waals surface area (Å²) in [7, 11) is 0. The molecule has 0 amide bonds. The van der Waals surface area contributed by atoms with Gasteiger partial charge in [0.2, 0.25) is 6.19 Å². The first-order chi connectivity index (χ1) is 20.6. The largest absolute Gasteiger partial charge is 0.350 e. The zero-order valence-electron chi connectivity index (χ0n) is 25.0. The van der Waals surface area contributed by atoms with Crippen molar-refractivity contribution in [1.82, 2.24) is 19.4 Å². The van der Waals surface area contributed by atoms with Gasteiger partial charge in [0.15, 0.2) is 5.17 Å². The van der Waals surface area contributed by atoms with Crippen LogP contribution in [0.4, 0.5) is 0 Å². The van der Waals surface area contributed by atoms with Crippen LogP contribution in [-0.2, 0) is 5.41 Å². The van der Waals surface area contributed by atoms with Crippen molar-refractivity contribution in [2.45, 2.75) is 106 Å². The van der Waals surface area contributed by atoms with E-state index in [-0.39, 0.29) is 5.41 Å². The van der Waals surface area contributed by atoms with Gasteiger partial charge in [-0.25, -0.2) is 4.98 Å². The number of likely N-dealkylation sites (tertiary alicyclic amines) is 1. The third-order valence-corrected chi connectivity index (χ3v) is 12.3. The molecule has 7 heteroatoms. The Kier molecular flexibility index (Phi) is 8.03. The predicted octanol–water partition coefficient (Wildman–Crippen LogP) is 7.45. The molecule has 7 rings (SSSR count). The molecule has 0 N–H and O–H groups in total. The molecule has 2 aromatic carbocycles. The van der Waals surface area contributed by atoms with Crippen molar-refractivity contribution in [2.24, 2.45) is 4.99 Å². The zero-order valence-corrected chi connectivity index (χ0v) is 25.8. The van der Waals surface area contributed by atoms with E-state index in [2.05, 4.69) is 87.1 Å². The van der Waals surface area contributed by atoms with Crippen LogP contribution in [0.15, 0.2) is 59.6 Å². The van der Waals surface area contributed by atoms with Crippen molar-refractivity contribution in [3.8, 4) is 6.19 Å². The highest BCUT2D eigenvalue weighted by molar-refractivity contribution is 8.14. The van der Waals surface area contributed by atoms with Crippen molar-refractivity contribution >= 4 is 28.0 Å². The van der Waals surface area contributed by atoms with Crippen LogP contribution in [0.3, 0.4) is 0 Å². The maximum Gasteiger partial charge on any atom is 0.208 e. The Morgan fingerprint density at radius 3 is 2.36 bits per heavy atom. The average molecular weight is 581 g/mol. The summed E-state index contributed by atoms with van der Waals surface area (Å²) in [5, 5.41) is 11.1. The summed E-state index contributed by atoms with van der Waals surface area (Å²) in [5.74, 6) is 1.16. The standard InChI is InChI=1S/C35H44N6S/c1-26-38-32-13-7-8-14-33(32)41(26)30-23-28-15-16-29(24-30)40(28)22-19-35(27-9-3-2-4-10-27)17-20-39(21-18-35)34(37-25-36)42-31-11-5-6-12-31/h2-4,7-10,13-14,28-31H,5-6,11-12,15-24H2,1H3. The number of aryl methyl sites for hydroxylation is 1. The Labute approximate surface area is 255 Å². The van der Waals surface area contributed by atoms with Gasteiger partial charge in [0.25, 0.3) is 0 Å². The topological polar surface area (TPSA) is 60.5 Å². The number of aromatic nitrogens is 2. The Hall–Kier alpha value is -2.82. The van der Waals surface area contributed by atoms with Crippen LogP contribution < -0.4 is 0 Å². The maximum absolute atomic E-state index is 9.46. The number of imidazole rings is 1. The Morgan fingerprint density at radius 2 is 1.64 bits per heavy atom. The number of amidine groups is 1. The fourth-order valence-electron chi connectivity index (χ4n) is 8.76. The van der Waals surface area contributed by atoms with Crippen LogP contribution in [0.5, 0.6) is 0 Å². The molecular weight excluding hydrogens is 536 g/mol. The highest BCUT2D eigenvalue weighted by Crippen LogP contribution is 2.45. The molecule has 4 aliphatic rings. The molecule has 4 fully saturated rings. The number of hydrogen-bond donors (Lipinski definition) is 0. The molecule has 0 radical (unpaired) electrons. The van der Waals surface area contributed by atoms with Crippen LogP contribution in [0, 0.1) is 18.4 Å². The zero-order chi connectivity index (χ0) is 28.5. The second-order valence-corrected chi connectivity index (χ2v) is 14.4. The van der Waals surface area contributed by atoms with E-state index in [0.717, 1.165) is 42.4 Å². The van der Waals surface area contributed by atoms with Crippen molar-refractivity contribution in [1.29, 1.82) is 5.26 Å². The number of hydrogen-bond acceptors (Lipinski definition) is 5. The van der Waals surface area contributed by atoms with E-state index in [1.54, 1.807) is 0 Å². The molecule has 1 saturated carbocycles. The quantitative estimate of drug-likeness (QED) is 0.172. The van der Waals surface area contributed by atoms with Gasteiger partial charge in [-0.1, -0.05) is 67.1 Å². The molecule has 1 aliphatic carbocycles. The lowest BCUT2D eigenvalue weighted by molar-refractivity contribution is 0.0890. The number of nitrogens with zero attached hydrogens (tertiary/aromatic N) is 6. The average Bonchev–Trinajstić information content (AvgIpc) is 3.72. The number of aliphatic imine (C=N–C) groups is 1. The minimum Gasteiger partial charge on any atom is -0.350 e. The molecule has 0 spiro atoms. The van der Waals surface area contributed by atoms with Gasteiger partial charge < -0.3 is 9.47 Å². The lowest BCUT2D eigenvalue weighted by Crippen LogP contribution is -2.49. The summed E-state index contributed by atoms with van der Waals surface area (Å²) in [4.78, 5) is 14.5. The first-order valence-corrected chi connectivity index (χ1v) is 17.1. The molecular formula is C35H44N6S. The molecule has 42 heavy (non-hydrogen) atoms. The van der Waals surface area contributed by atoms with E-state index in [1.165, 1.54) is 75.4 Å². The van der Waals surface area contributed by atoms with Gasteiger partial charge in [0.05, 0.1) is 11.0 Å². The molecule has 220 valence electrons. The number of para-hydroxylation sites is 2. The summed E-state index contributed by atoms with van der Waals surface area (Å²) >= 11 is 1.86. The van der Waals surface area contributed by atoms with E-state index < -0.39 is 0 Å². The van der Waals surface area contributed by atoms with Gasteiger partial charge in [-0.15, -0.1) is 4.99 Å². The van der Waals surface area contributed by atoms with E-state index in [4.69, 9.17) is 4.98 Å². The highest BCUT2D eigenvalue weighted by atomic mass is 32.2. The molecule has 4 heterocycles. The Balaban J connectivity index is 1.05. The van der Waals surface area contributed by atoms with Crippen molar-refractivity contribution < 1.29 is 0 Å². The molecule has 3 aromatic rings. The second-order valence-electron chi connectivity index (χ2n) is 13.2. The monoisotopic (exact) mass is 580 g/mol. The molecule has 2 bridgehead atoms.